The maximum Gasteiger partial charge on any atom is 0.204 e. The molecule has 0 spiro atoms. The lowest BCUT2D eigenvalue weighted by Crippen LogP contribution is -2.36. The van der Waals surface area contributed by atoms with Crippen LogP contribution in [0.4, 0.5) is 0 Å². The van der Waals surface area contributed by atoms with Crippen LogP contribution in [0, 0.1) is 11.8 Å². The Balaban J connectivity index is 2.07. The molecule has 0 aromatic heterocycles. The van der Waals surface area contributed by atoms with Crippen LogP contribution in [0.2, 0.25) is 0 Å². The van der Waals surface area contributed by atoms with Gasteiger partial charge in [-0.25, -0.2) is 0 Å². The molecule has 0 amide bonds. The smallest absolute Gasteiger partial charge is 0.204 e. The third-order valence-corrected chi connectivity index (χ3v) is 8.22. The van der Waals surface area contributed by atoms with Gasteiger partial charge in [-0.15, -0.1) is 0 Å². The Morgan fingerprint density at radius 3 is 2.56 bits per heavy atom. The maximum absolute atomic E-state index is 12.8. The third kappa shape index (κ3) is 5.51. The molecule has 1 fully saturated rings. The normalized spacial score (nSPS) is 23.6. The quantitative estimate of drug-likeness (QED) is 0.652. The van der Waals surface area contributed by atoms with E-state index in [2.05, 4.69) is 12.2 Å². The molecule has 1 aliphatic heterocycles. The highest BCUT2D eigenvalue weighted by atomic mass is 31.2. The van der Waals surface area contributed by atoms with Crippen LogP contribution >= 0.6 is 7.37 Å². The molecule has 1 heterocycles. The second-order valence-electron chi connectivity index (χ2n) is 7.44. The molecule has 0 aliphatic carbocycles. The molecule has 1 unspecified atom stereocenters. The summed E-state index contributed by atoms with van der Waals surface area (Å²) < 4.78 is 12.7. The van der Waals surface area contributed by atoms with Crippen LogP contribution in [0.1, 0.15) is 45.6 Å². The summed E-state index contributed by atoms with van der Waals surface area (Å²) >= 11 is 0. The summed E-state index contributed by atoms with van der Waals surface area (Å²) in [6.45, 7) is 6.85. The molecule has 1 aliphatic rings. The number of benzene rings is 1. The van der Waals surface area contributed by atoms with Gasteiger partial charge in [0.15, 0.2) is 0 Å². The lowest BCUT2D eigenvalue weighted by Gasteiger charge is -2.28. The van der Waals surface area contributed by atoms with Crippen LogP contribution in [0.3, 0.4) is 0 Å². The van der Waals surface area contributed by atoms with E-state index in [1.807, 2.05) is 37.3 Å². The summed E-state index contributed by atoms with van der Waals surface area (Å²) in [6, 6.07) is 10.1. The zero-order valence-corrected chi connectivity index (χ0v) is 16.5. The molecular formula is C20H32NO3P. The predicted molar refractivity (Wildman–Crippen MR) is 103 cm³/mol. The fourth-order valence-electron chi connectivity index (χ4n) is 3.72. The van der Waals surface area contributed by atoms with Gasteiger partial charge in [0, 0.05) is 30.2 Å². The highest BCUT2D eigenvalue weighted by molar-refractivity contribution is 7.58. The molecular weight excluding hydrogens is 333 g/mol. The van der Waals surface area contributed by atoms with Gasteiger partial charge in [-0.3, -0.25) is 9.36 Å². The standard InChI is InChI=1S/C20H32NO3P/c1-4-25(23,24)18(13-17-9-6-5-7-10-17)14-20(22)16(3)15(2)19-11-8-12-21-19/h5-7,9-10,15-16,18-19,21H,4,8,11-14H2,1-3H3,(H,23,24)/t15-,16-,18-,19+/m1/s1. The average Bonchev–Trinajstić information content (AvgIpc) is 3.15. The van der Waals surface area contributed by atoms with Gasteiger partial charge >= 0.3 is 0 Å². The van der Waals surface area contributed by atoms with Crippen molar-refractivity contribution >= 4 is 13.2 Å². The van der Waals surface area contributed by atoms with Crippen LogP contribution in [0.15, 0.2) is 30.3 Å². The molecule has 5 heteroatoms. The van der Waals surface area contributed by atoms with Gasteiger partial charge in [0.2, 0.25) is 7.37 Å². The number of carbonyl (C=O) groups excluding carboxylic acids is 1. The second-order valence-corrected chi connectivity index (χ2v) is 10.3. The summed E-state index contributed by atoms with van der Waals surface area (Å²) in [4.78, 5) is 23.3. The van der Waals surface area contributed by atoms with Gasteiger partial charge in [-0.05, 0) is 37.3 Å². The predicted octanol–water partition coefficient (Wildman–Crippen LogP) is 3.87. The number of ketones is 1. The molecule has 2 N–H and O–H groups in total. The second kappa shape index (κ2) is 9.12. The zero-order valence-electron chi connectivity index (χ0n) is 15.6. The monoisotopic (exact) mass is 365 g/mol. The van der Waals surface area contributed by atoms with Gasteiger partial charge in [-0.1, -0.05) is 51.1 Å². The molecule has 0 radical (unpaired) electrons. The van der Waals surface area contributed by atoms with Crippen molar-refractivity contribution in [2.45, 2.75) is 58.2 Å². The third-order valence-electron chi connectivity index (χ3n) is 5.80. The minimum atomic E-state index is -3.33. The number of hydrogen-bond acceptors (Lipinski definition) is 3. The van der Waals surface area contributed by atoms with Gasteiger partial charge < -0.3 is 10.2 Å². The zero-order chi connectivity index (χ0) is 18.4. The summed E-state index contributed by atoms with van der Waals surface area (Å²) in [7, 11) is -3.33. The molecule has 1 aromatic carbocycles. The van der Waals surface area contributed by atoms with E-state index < -0.39 is 13.0 Å². The van der Waals surface area contributed by atoms with Crippen LogP contribution in [-0.2, 0) is 15.8 Å². The van der Waals surface area contributed by atoms with E-state index in [1.165, 1.54) is 0 Å². The molecule has 0 bridgehead atoms. The molecule has 1 aromatic rings. The first-order chi connectivity index (χ1) is 11.8. The van der Waals surface area contributed by atoms with Crippen LogP contribution in [0.5, 0.6) is 0 Å². The number of hydrogen-bond donors (Lipinski definition) is 2. The van der Waals surface area contributed by atoms with Crippen molar-refractivity contribution in [2.75, 3.05) is 12.7 Å². The summed E-state index contributed by atoms with van der Waals surface area (Å²) in [5.74, 6) is 0.280. The number of Topliss-reactive ketones (excluding diaryl/α,β-unsaturated/α-hetero) is 1. The highest BCUT2D eigenvalue weighted by Crippen LogP contribution is 2.49. The van der Waals surface area contributed by atoms with Crippen LogP contribution in [0.25, 0.3) is 0 Å². The Bertz CT molecular complexity index is 598. The maximum atomic E-state index is 12.8. The average molecular weight is 365 g/mol. The topological polar surface area (TPSA) is 66.4 Å². The van der Waals surface area contributed by atoms with Crippen molar-refractivity contribution < 1.29 is 14.3 Å². The van der Waals surface area contributed by atoms with Gasteiger partial charge in [-0.2, -0.15) is 0 Å². The minimum Gasteiger partial charge on any atom is -0.344 e. The lowest BCUT2D eigenvalue weighted by atomic mass is 9.83. The van der Waals surface area contributed by atoms with E-state index >= 15 is 0 Å². The van der Waals surface area contributed by atoms with E-state index in [1.54, 1.807) is 6.92 Å². The van der Waals surface area contributed by atoms with Gasteiger partial charge in [0.1, 0.15) is 5.78 Å². The molecule has 0 saturated carbocycles. The number of nitrogens with one attached hydrogen (secondary N) is 1. The molecule has 4 nitrogen and oxygen atoms in total. The molecule has 2 rings (SSSR count). The first-order valence-electron chi connectivity index (χ1n) is 9.46. The highest BCUT2D eigenvalue weighted by Gasteiger charge is 2.35. The van der Waals surface area contributed by atoms with Crippen LogP contribution in [-0.4, -0.2) is 35.1 Å². The van der Waals surface area contributed by atoms with Crippen LogP contribution < -0.4 is 5.32 Å². The Morgan fingerprint density at radius 1 is 1.32 bits per heavy atom. The fourth-order valence-corrected chi connectivity index (χ4v) is 5.20. The molecule has 1 saturated heterocycles. The SMILES string of the molecule is CCP(=O)(O)[C@@H](CC(=O)[C@H](C)[C@@H](C)[C@@H]1CCCN1)Cc1ccccc1. The summed E-state index contributed by atoms with van der Waals surface area (Å²) in [6.07, 6.45) is 3.16. The largest absolute Gasteiger partial charge is 0.344 e. The van der Waals surface area contributed by atoms with Crippen molar-refractivity contribution in [3.05, 3.63) is 35.9 Å². The summed E-state index contributed by atoms with van der Waals surface area (Å²) in [5.41, 5.74) is 0.528. The first kappa shape index (κ1) is 20.4. The molecule has 140 valence electrons. The van der Waals surface area contributed by atoms with Gasteiger partial charge in [0.05, 0.1) is 0 Å². The number of rotatable bonds is 9. The van der Waals surface area contributed by atoms with Crippen molar-refractivity contribution in [1.82, 2.24) is 5.32 Å². The van der Waals surface area contributed by atoms with E-state index in [0.29, 0.717) is 12.5 Å². The Hall–Kier alpha value is -0.960. The van der Waals surface area contributed by atoms with Crippen molar-refractivity contribution in [3.63, 3.8) is 0 Å². The minimum absolute atomic E-state index is 0.0919. The molecule has 25 heavy (non-hydrogen) atoms. The molecule has 5 atom stereocenters. The Morgan fingerprint density at radius 2 is 2.00 bits per heavy atom. The van der Waals surface area contributed by atoms with Crippen molar-refractivity contribution in [3.8, 4) is 0 Å². The summed E-state index contributed by atoms with van der Waals surface area (Å²) in [5, 5.41) is 3.47. The van der Waals surface area contributed by atoms with Gasteiger partial charge in [0.25, 0.3) is 0 Å². The van der Waals surface area contributed by atoms with E-state index in [4.69, 9.17) is 0 Å². The Labute approximate surface area is 151 Å². The fraction of sp³-hybridized carbons (Fsp3) is 0.650. The van der Waals surface area contributed by atoms with Crippen molar-refractivity contribution in [2.24, 2.45) is 11.8 Å². The number of carbonyl (C=O) groups is 1. The van der Waals surface area contributed by atoms with E-state index in [9.17, 15) is 14.3 Å². The van der Waals surface area contributed by atoms with Crippen molar-refractivity contribution in [1.29, 1.82) is 0 Å². The lowest BCUT2D eigenvalue weighted by molar-refractivity contribution is -0.124. The van der Waals surface area contributed by atoms with E-state index in [-0.39, 0.29) is 30.2 Å². The Kier molecular flexibility index (Phi) is 7.42. The van der Waals surface area contributed by atoms with E-state index in [0.717, 1.165) is 24.9 Å². The first-order valence-corrected chi connectivity index (χ1v) is 11.4.